The number of aliphatic carboxylic acids is 1. The molecule has 1 aromatic heterocycles. The van der Waals surface area contributed by atoms with E-state index in [1.165, 1.54) is 0 Å². The number of amides is 1. The molecule has 26 heavy (non-hydrogen) atoms. The van der Waals surface area contributed by atoms with Gasteiger partial charge in [-0.1, -0.05) is 29.3 Å². The molecule has 2 aromatic rings. The topological polar surface area (TPSA) is 84.7 Å². The molecule has 138 valence electrons. The van der Waals surface area contributed by atoms with Crippen LogP contribution in [0.25, 0.3) is 0 Å². The monoisotopic (exact) mass is 357 g/mol. The number of carboxylic acids is 1. The Morgan fingerprint density at radius 1 is 1.15 bits per heavy atom. The van der Waals surface area contributed by atoms with Crippen LogP contribution in [0.5, 0.6) is 0 Å². The predicted octanol–water partition coefficient (Wildman–Crippen LogP) is 2.67. The zero-order valence-corrected chi connectivity index (χ0v) is 15.1. The van der Waals surface area contributed by atoms with E-state index in [2.05, 4.69) is 11.2 Å². The van der Waals surface area contributed by atoms with Crippen molar-refractivity contribution in [2.75, 3.05) is 6.54 Å². The first-order chi connectivity index (χ1) is 12.4. The maximum absolute atomic E-state index is 12.5. The number of aryl methyl sites for hydroxylation is 3. The van der Waals surface area contributed by atoms with E-state index in [4.69, 9.17) is 9.84 Å². The van der Waals surface area contributed by atoms with Crippen molar-refractivity contribution in [1.82, 2.24) is 14.7 Å². The van der Waals surface area contributed by atoms with Gasteiger partial charge in [-0.05, 0) is 31.9 Å². The van der Waals surface area contributed by atoms with Gasteiger partial charge in [0.05, 0.1) is 24.4 Å². The van der Waals surface area contributed by atoms with Crippen LogP contribution in [0, 0.1) is 13.8 Å². The number of aromatic nitrogens is 2. The van der Waals surface area contributed by atoms with Gasteiger partial charge < -0.3 is 14.7 Å². The average Bonchev–Trinajstić information content (AvgIpc) is 2.80. The molecule has 0 unspecified atom stereocenters. The maximum Gasteiger partial charge on any atom is 0.410 e. The quantitative estimate of drug-likeness (QED) is 0.909. The maximum atomic E-state index is 12.5. The van der Waals surface area contributed by atoms with Gasteiger partial charge in [-0.15, -0.1) is 0 Å². The number of carbonyl (C=O) groups excluding carboxylic acids is 1. The summed E-state index contributed by atoms with van der Waals surface area (Å²) in [6, 6.07) is 7.85. The molecule has 0 radical (unpaired) electrons. The normalized spacial score (nSPS) is 13.8. The molecular weight excluding hydrogens is 334 g/mol. The minimum absolute atomic E-state index is 0.114. The summed E-state index contributed by atoms with van der Waals surface area (Å²) in [5.74, 6) is -0.914. The van der Waals surface area contributed by atoms with Crippen molar-refractivity contribution < 1.29 is 19.4 Å². The highest BCUT2D eigenvalue weighted by atomic mass is 16.6. The van der Waals surface area contributed by atoms with Crippen molar-refractivity contribution in [3.63, 3.8) is 0 Å². The number of carbonyl (C=O) groups is 2. The molecule has 0 atom stereocenters. The van der Waals surface area contributed by atoms with Crippen molar-refractivity contribution >= 4 is 12.1 Å². The number of rotatable bonds is 4. The summed E-state index contributed by atoms with van der Waals surface area (Å²) in [6.07, 6.45) is 0.273. The number of benzene rings is 1. The Bertz CT molecular complexity index is 808. The van der Waals surface area contributed by atoms with E-state index in [9.17, 15) is 9.59 Å². The van der Waals surface area contributed by atoms with E-state index in [1.54, 1.807) is 15.6 Å². The largest absolute Gasteiger partial charge is 0.481 e. The Morgan fingerprint density at radius 3 is 2.58 bits per heavy atom. The Kier molecular flexibility index (Phi) is 5.25. The van der Waals surface area contributed by atoms with Gasteiger partial charge in [-0.25, -0.2) is 4.79 Å². The molecule has 0 saturated heterocycles. The molecule has 7 heteroatoms. The minimum Gasteiger partial charge on any atom is -0.481 e. The van der Waals surface area contributed by atoms with Crippen LogP contribution in [0.1, 0.15) is 34.5 Å². The molecule has 0 aliphatic carbocycles. The molecule has 0 saturated carbocycles. The van der Waals surface area contributed by atoms with Crippen LogP contribution in [-0.2, 0) is 35.6 Å². The highest BCUT2D eigenvalue weighted by Gasteiger charge is 2.22. The van der Waals surface area contributed by atoms with Crippen molar-refractivity contribution in [2.45, 2.75) is 46.4 Å². The Morgan fingerprint density at radius 2 is 1.88 bits per heavy atom. The number of fused-ring (bicyclic) bond motifs is 1. The molecule has 0 fully saturated rings. The van der Waals surface area contributed by atoms with E-state index in [1.807, 2.05) is 26.0 Å². The van der Waals surface area contributed by atoms with Gasteiger partial charge in [0.1, 0.15) is 6.61 Å². The van der Waals surface area contributed by atoms with E-state index in [0.717, 1.165) is 28.8 Å². The lowest BCUT2D eigenvalue weighted by Crippen LogP contribution is -2.31. The summed E-state index contributed by atoms with van der Waals surface area (Å²) in [7, 11) is 0. The number of ether oxygens (including phenoxy) is 1. The summed E-state index contributed by atoms with van der Waals surface area (Å²) in [5, 5.41) is 13.2. The Hall–Kier alpha value is -2.83. The van der Waals surface area contributed by atoms with Crippen LogP contribution < -0.4 is 0 Å². The molecule has 7 nitrogen and oxygen atoms in total. The van der Waals surface area contributed by atoms with Crippen LogP contribution >= 0.6 is 0 Å². The zero-order chi connectivity index (χ0) is 18.7. The molecule has 1 aromatic carbocycles. The van der Waals surface area contributed by atoms with Crippen molar-refractivity contribution in [3.8, 4) is 0 Å². The van der Waals surface area contributed by atoms with E-state index in [-0.39, 0.29) is 19.1 Å². The number of nitrogens with zero attached hydrogens (tertiary/aromatic N) is 3. The SMILES string of the molecule is Cc1cc(C)cc(COC(=O)N2CCCn3nc(CC(=O)O)cc3C2)c1. The fourth-order valence-electron chi connectivity index (χ4n) is 3.31. The smallest absolute Gasteiger partial charge is 0.410 e. The second kappa shape index (κ2) is 7.59. The second-order valence-corrected chi connectivity index (χ2v) is 6.75. The molecule has 1 N–H and O–H groups in total. The molecule has 2 heterocycles. The van der Waals surface area contributed by atoms with Crippen molar-refractivity contribution in [2.24, 2.45) is 0 Å². The number of carboxylic acid groups (broad SMARTS) is 1. The first-order valence-corrected chi connectivity index (χ1v) is 8.67. The summed E-state index contributed by atoms with van der Waals surface area (Å²) in [6.45, 7) is 5.89. The van der Waals surface area contributed by atoms with Crippen molar-refractivity contribution in [1.29, 1.82) is 0 Å². The van der Waals surface area contributed by atoms with Crippen LogP contribution in [0.15, 0.2) is 24.3 Å². The first kappa shape index (κ1) is 18.0. The fourth-order valence-corrected chi connectivity index (χ4v) is 3.31. The third-order valence-corrected chi connectivity index (χ3v) is 4.30. The lowest BCUT2D eigenvalue weighted by Gasteiger charge is -2.19. The number of hydrogen-bond donors (Lipinski definition) is 1. The highest BCUT2D eigenvalue weighted by molar-refractivity contribution is 5.69. The van der Waals surface area contributed by atoms with Crippen LogP contribution in [0.3, 0.4) is 0 Å². The van der Waals surface area contributed by atoms with Gasteiger partial charge in [0.15, 0.2) is 0 Å². The van der Waals surface area contributed by atoms with Crippen LogP contribution in [0.2, 0.25) is 0 Å². The van der Waals surface area contributed by atoms with Gasteiger partial charge >= 0.3 is 12.1 Å². The average molecular weight is 357 g/mol. The van der Waals surface area contributed by atoms with Crippen LogP contribution in [-0.4, -0.2) is 38.4 Å². The first-order valence-electron chi connectivity index (χ1n) is 8.67. The summed E-state index contributed by atoms with van der Waals surface area (Å²) < 4.78 is 7.27. The predicted molar refractivity (Wildman–Crippen MR) is 94.7 cm³/mol. The highest BCUT2D eigenvalue weighted by Crippen LogP contribution is 2.16. The Labute approximate surface area is 152 Å². The van der Waals surface area contributed by atoms with Gasteiger partial charge in [-0.2, -0.15) is 5.10 Å². The number of hydrogen-bond acceptors (Lipinski definition) is 4. The molecular formula is C19H23N3O4. The van der Waals surface area contributed by atoms with Gasteiger partial charge in [0.25, 0.3) is 0 Å². The fraction of sp³-hybridized carbons (Fsp3) is 0.421. The molecule has 1 aliphatic rings. The minimum atomic E-state index is -0.914. The van der Waals surface area contributed by atoms with Gasteiger partial charge in [0.2, 0.25) is 0 Å². The third-order valence-electron chi connectivity index (χ3n) is 4.30. The standard InChI is InChI=1S/C19H23N3O4/c1-13-6-14(2)8-15(7-13)12-26-19(25)21-4-3-5-22-17(11-21)9-16(20-22)10-18(23)24/h6-9H,3-5,10-12H2,1-2H3,(H,23,24). The van der Waals surface area contributed by atoms with E-state index in [0.29, 0.717) is 25.3 Å². The summed E-state index contributed by atoms with van der Waals surface area (Å²) >= 11 is 0. The summed E-state index contributed by atoms with van der Waals surface area (Å²) in [4.78, 5) is 25.0. The summed E-state index contributed by atoms with van der Waals surface area (Å²) in [5.41, 5.74) is 4.60. The lowest BCUT2D eigenvalue weighted by atomic mass is 10.1. The van der Waals surface area contributed by atoms with Gasteiger partial charge in [-0.3, -0.25) is 9.48 Å². The van der Waals surface area contributed by atoms with E-state index >= 15 is 0 Å². The molecule has 0 bridgehead atoms. The molecule has 1 amide bonds. The molecule has 1 aliphatic heterocycles. The lowest BCUT2D eigenvalue weighted by molar-refractivity contribution is -0.136. The second-order valence-electron chi connectivity index (χ2n) is 6.75. The van der Waals surface area contributed by atoms with Crippen LogP contribution in [0.4, 0.5) is 4.79 Å². The molecule has 0 spiro atoms. The van der Waals surface area contributed by atoms with Crippen molar-refractivity contribution in [3.05, 3.63) is 52.3 Å². The molecule has 3 rings (SSSR count). The zero-order valence-electron chi connectivity index (χ0n) is 15.1. The van der Waals surface area contributed by atoms with Gasteiger partial charge in [0, 0.05) is 13.1 Å². The van der Waals surface area contributed by atoms with E-state index < -0.39 is 5.97 Å². The Balaban J connectivity index is 1.64. The third kappa shape index (κ3) is 4.41.